The molecule has 4 heteroatoms. The van der Waals surface area contributed by atoms with E-state index in [4.69, 9.17) is 5.73 Å². The molecule has 0 unspecified atom stereocenters. The van der Waals surface area contributed by atoms with Crippen LogP contribution in [0, 0.1) is 6.92 Å². The average Bonchev–Trinajstić information content (AvgIpc) is 2.38. The molecule has 18 heavy (non-hydrogen) atoms. The van der Waals surface area contributed by atoms with Crippen molar-refractivity contribution in [2.45, 2.75) is 6.92 Å². The summed E-state index contributed by atoms with van der Waals surface area (Å²) in [6, 6.07) is 11.7. The van der Waals surface area contributed by atoms with Crippen molar-refractivity contribution >= 4 is 16.7 Å². The van der Waals surface area contributed by atoms with Gasteiger partial charge in [0.1, 0.15) is 5.82 Å². The molecule has 3 aromatic rings. The number of rotatable bonds is 1. The second kappa shape index (κ2) is 4.07. The molecule has 0 saturated carbocycles. The lowest BCUT2D eigenvalue weighted by Crippen LogP contribution is -1.94. The summed E-state index contributed by atoms with van der Waals surface area (Å²) in [6.07, 6.45) is 1.66. The molecule has 0 spiro atoms. The maximum Gasteiger partial charge on any atom is 0.161 e. The number of aryl methyl sites for hydroxylation is 1. The number of pyridine rings is 1. The van der Waals surface area contributed by atoms with Crippen LogP contribution in [0.25, 0.3) is 22.3 Å². The molecular weight excluding hydrogens is 224 g/mol. The summed E-state index contributed by atoms with van der Waals surface area (Å²) in [4.78, 5) is 12.9. The van der Waals surface area contributed by atoms with Crippen LogP contribution in [-0.2, 0) is 0 Å². The number of nitrogen functional groups attached to an aromatic ring is 1. The summed E-state index contributed by atoms with van der Waals surface area (Å²) >= 11 is 0. The SMILES string of the molecule is Cc1ccc2cc(-c3nccc(N)n3)ccc2n1. The molecule has 0 bridgehead atoms. The second-order valence-electron chi connectivity index (χ2n) is 4.17. The molecule has 0 aliphatic rings. The Morgan fingerprint density at radius 1 is 1.00 bits per heavy atom. The number of nitrogens with two attached hydrogens (primary N) is 1. The zero-order valence-corrected chi connectivity index (χ0v) is 9.96. The van der Waals surface area contributed by atoms with E-state index in [0.717, 1.165) is 22.2 Å². The molecule has 2 N–H and O–H groups in total. The maximum atomic E-state index is 5.66. The van der Waals surface area contributed by atoms with Gasteiger partial charge in [-0.2, -0.15) is 0 Å². The number of aromatic nitrogens is 3. The summed E-state index contributed by atoms with van der Waals surface area (Å²) in [5.41, 5.74) is 8.59. The maximum absolute atomic E-state index is 5.66. The molecule has 2 heterocycles. The van der Waals surface area contributed by atoms with Crippen LogP contribution in [0.3, 0.4) is 0 Å². The fourth-order valence-electron chi connectivity index (χ4n) is 1.88. The molecular formula is C14H12N4. The smallest absolute Gasteiger partial charge is 0.161 e. The van der Waals surface area contributed by atoms with E-state index in [1.165, 1.54) is 0 Å². The topological polar surface area (TPSA) is 64.7 Å². The Hall–Kier alpha value is -2.49. The molecule has 88 valence electrons. The third-order valence-electron chi connectivity index (χ3n) is 2.76. The van der Waals surface area contributed by atoms with E-state index < -0.39 is 0 Å². The summed E-state index contributed by atoms with van der Waals surface area (Å²) in [5.74, 6) is 1.11. The summed E-state index contributed by atoms with van der Waals surface area (Å²) < 4.78 is 0. The van der Waals surface area contributed by atoms with E-state index in [1.807, 2.05) is 37.3 Å². The van der Waals surface area contributed by atoms with Crippen molar-refractivity contribution in [3.63, 3.8) is 0 Å². The van der Waals surface area contributed by atoms with E-state index >= 15 is 0 Å². The predicted octanol–water partition coefficient (Wildman–Crippen LogP) is 2.58. The quantitative estimate of drug-likeness (QED) is 0.705. The Balaban J connectivity index is 2.16. The van der Waals surface area contributed by atoms with Gasteiger partial charge < -0.3 is 5.73 Å². The average molecular weight is 236 g/mol. The highest BCUT2D eigenvalue weighted by molar-refractivity contribution is 5.83. The van der Waals surface area contributed by atoms with Crippen molar-refractivity contribution < 1.29 is 0 Å². The highest BCUT2D eigenvalue weighted by atomic mass is 14.9. The van der Waals surface area contributed by atoms with Crippen LogP contribution in [0.15, 0.2) is 42.6 Å². The number of nitrogens with zero attached hydrogens (tertiary/aromatic N) is 3. The number of anilines is 1. The van der Waals surface area contributed by atoms with Crippen molar-refractivity contribution in [2.24, 2.45) is 0 Å². The largest absolute Gasteiger partial charge is 0.384 e. The molecule has 0 aliphatic heterocycles. The molecule has 0 aliphatic carbocycles. The van der Waals surface area contributed by atoms with Gasteiger partial charge in [-0.15, -0.1) is 0 Å². The lowest BCUT2D eigenvalue weighted by Gasteiger charge is -2.03. The molecule has 0 saturated heterocycles. The Morgan fingerprint density at radius 2 is 1.89 bits per heavy atom. The van der Waals surface area contributed by atoms with Gasteiger partial charge in [0.25, 0.3) is 0 Å². The van der Waals surface area contributed by atoms with E-state index in [-0.39, 0.29) is 0 Å². The zero-order valence-electron chi connectivity index (χ0n) is 9.96. The molecule has 0 atom stereocenters. The standard InChI is InChI=1S/C14H12N4/c1-9-2-3-10-8-11(4-5-12(10)17-9)14-16-7-6-13(15)18-14/h2-8H,1H3,(H2,15,16,18). The van der Waals surface area contributed by atoms with Gasteiger partial charge >= 0.3 is 0 Å². The first kappa shape index (κ1) is 10.7. The second-order valence-corrected chi connectivity index (χ2v) is 4.17. The van der Waals surface area contributed by atoms with Crippen LogP contribution in [0.4, 0.5) is 5.82 Å². The zero-order chi connectivity index (χ0) is 12.5. The van der Waals surface area contributed by atoms with E-state index in [1.54, 1.807) is 12.3 Å². The summed E-state index contributed by atoms with van der Waals surface area (Å²) in [6.45, 7) is 1.98. The number of fused-ring (bicyclic) bond motifs is 1. The Bertz CT molecular complexity index is 722. The first-order valence-electron chi connectivity index (χ1n) is 5.69. The normalized spacial score (nSPS) is 10.7. The van der Waals surface area contributed by atoms with Gasteiger partial charge in [0.2, 0.25) is 0 Å². The van der Waals surface area contributed by atoms with E-state index in [9.17, 15) is 0 Å². The molecule has 3 rings (SSSR count). The number of hydrogen-bond acceptors (Lipinski definition) is 4. The first-order valence-corrected chi connectivity index (χ1v) is 5.69. The molecule has 4 nitrogen and oxygen atoms in total. The van der Waals surface area contributed by atoms with Crippen LogP contribution in [0.2, 0.25) is 0 Å². The highest BCUT2D eigenvalue weighted by Gasteiger charge is 2.03. The fraction of sp³-hybridized carbons (Fsp3) is 0.0714. The van der Waals surface area contributed by atoms with Crippen molar-refractivity contribution in [3.05, 3.63) is 48.3 Å². The van der Waals surface area contributed by atoms with E-state index in [0.29, 0.717) is 11.6 Å². The van der Waals surface area contributed by atoms with Gasteiger partial charge in [-0.25, -0.2) is 9.97 Å². The Morgan fingerprint density at radius 3 is 2.72 bits per heavy atom. The molecule has 0 fully saturated rings. The highest BCUT2D eigenvalue weighted by Crippen LogP contribution is 2.21. The fourth-order valence-corrected chi connectivity index (χ4v) is 1.88. The minimum atomic E-state index is 0.474. The Kier molecular flexibility index (Phi) is 2.41. The van der Waals surface area contributed by atoms with Crippen molar-refractivity contribution in [1.29, 1.82) is 0 Å². The molecule has 0 amide bonds. The molecule has 1 aromatic carbocycles. The minimum Gasteiger partial charge on any atom is -0.384 e. The summed E-state index contributed by atoms with van der Waals surface area (Å²) in [7, 11) is 0. The Labute approximate surface area is 105 Å². The first-order chi connectivity index (χ1) is 8.72. The van der Waals surface area contributed by atoms with Crippen LogP contribution >= 0.6 is 0 Å². The van der Waals surface area contributed by atoms with Gasteiger partial charge in [-0.1, -0.05) is 6.07 Å². The van der Waals surface area contributed by atoms with Crippen molar-refractivity contribution in [1.82, 2.24) is 15.0 Å². The van der Waals surface area contributed by atoms with Gasteiger partial charge in [0.05, 0.1) is 5.52 Å². The number of hydrogen-bond donors (Lipinski definition) is 1. The molecule has 0 radical (unpaired) electrons. The van der Waals surface area contributed by atoms with Crippen LogP contribution in [0.1, 0.15) is 5.69 Å². The van der Waals surface area contributed by atoms with Gasteiger partial charge in [0.15, 0.2) is 5.82 Å². The van der Waals surface area contributed by atoms with Crippen LogP contribution < -0.4 is 5.73 Å². The molecule has 2 aromatic heterocycles. The van der Waals surface area contributed by atoms with Gasteiger partial charge in [0, 0.05) is 22.8 Å². The third kappa shape index (κ3) is 1.88. The lowest BCUT2D eigenvalue weighted by atomic mass is 10.1. The van der Waals surface area contributed by atoms with Crippen molar-refractivity contribution in [2.75, 3.05) is 5.73 Å². The minimum absolute atomic E-state index is 0.474. The summed E-state index contributed by atoms with van der Waals surface area (Å²) in [5, 5.41) is 1.07. The third-order valence-corrected chi connectivity index (χ3v) is 2.76. The monoisotopic (exact) mass is 236 g/mol. The van der Waals surface area contributed by atoms with Crippen LogP contribution in [0.5, 0.6) is 0 Å². The lowest BCUT2D eigenvalue weighted by molar-refractivity contribution is 1.18. The van der Waals surface area contributed by atoms with Crippen molar-refractivity contribution in [3.8, 4) is 11.4 Å². The van der Waals surface area contributed by atoms with Gasteiger partial charge in [-0.05, 0) is 37.3 Å². The predicted molar refractivity (Wildman–Crippen MR) is 71.9 cm³/mol. The van der Waals surface area contributed by atoms with Crippen LogP contribution in [-0.4, -0.2) is 15.0 Å². The van der Waals surface area contributed by atoms with E-state index in [2.05, 4.69) is 15.0 Å². The van der Waals surface area contributed by atoms with Gasteiger partial charge in [-0.3, -0.25) is 4.98 Å². The number of benzene rings is 1.